The van der Waals surface area contributed by atoms with Crippen LogP contribution in [-0.2, 0) is 4.79 Å². The minimum Gasteiger partial charge on any atom is -0.480 e. The van der Waals surface area contributed by atoms with Gasteiger partial charge in [0.2, 0.25) is 0 Å². The summed E-state index contributed by atoms with van der Waals surface area (Å²) in [6.45, 7) is 3.54. The molecule has 1 aromatic heterocycles. The zero-order valence-corrected chi connectivity index (χ0v) is 9.28. The number of aliphatic carboxylic acids is 1. The average Bonchev–Trinajstić information content (AvgIpc) is 2.15. The minimum absolute atomic E-state index is 0.294. The molecule has 0 fully saturated rings. The van der Waals surface area contributed by atoms with Crippen LogP contribution in [0.25, 0.3) is 0 Å². The molecule has 1 unspecified atom stereocenters. The van der Waals surface area contributed by atoms with Crippen LogP contribution >= 0.6 is 0 Å². The molecule has 0 aromatic carbocycles. The van der Waals surface area contributed by atoms with Gasteiger partial charge in [-0.3, -0.25) is 4.79 Å². The lowest BCUT2D eigenvalue weighted by Gasteiger charge is -2.13. The minimum atomic E-state index is -0.943. The van der Waals surface area contributed by atoms with Gasteiger partial charge in [0, 0.05) is 6.07 Å². The van der Waals surface area contributed by atoms with Crippen molar-refractivity contribution in [2.24, 2.45) is 0 Å². The zero-order chi connectivity index (χ0) is 12.1. The topological polar surface area (TPSA) is 95.1 Å². The molecule has 16 heavy (non-hydrogen) atoms. The Bertz CT molecular complexity index is 428. The molecule has 0 amide bonds. The van der Waals surface area contributed by atoms with E-state index in [1.165, 1.54) is 6.07 Å². The number of carboxylic acid groups (broad SMARTS) is 1. The summed E-state index contributed by atoms with van der Waals surface area (Å²) in [6, 6.07) is 0.539. The molecule has 3 N–H and O–H groups in total. The van der Waals surface area contributed by atoms with Gasteiger partial charge in [0.15, 0.2) is 0 Å². The van der Waals surface area contributed by atoms with Crippen molar-refractivity contribution in [3.8, 4) is 0 Å². The van der Waals surface area contributed by atoms with Gasteiger partial charge in [-0.2, -0.15) is 0 Å². The Morgan fingerprint density at radius 2 is 2.38 bits per heavy atom. The number of aromatic amines is 1. The molecule has 0 radical (unpaired) electrons. The normalized spacial score (nSPS) is 12.1. The number of anilines is 1. The highest BCUT2D eigenvalue weighted by Gasteiger charge is 2.16. The van der Waals surface area contributed by atoms with Gasteiger partial charge in [0.1, 0.15) is 17.7 Å². The van der Waals surface area contributed by atoms with Crippen LogP contribution in [0.2, 0.25) is 0 Å². The van der Waals surface area contributed by atoms with Gasteiger partial charge in [-0.15, -0.1) is 0 Å². The maximum atomic E-state index is 11.1. The van der Waals surface area contributed by atoms with Crippen molar-refractivity contribution in [2.45, 2.75) is 32.7 Å². The molecule has 1 heterocycles. The number of nitrogens with zero attached hydrogens (tertiary/aromatic N) is 1. The highest BCUT2D eigenvalue weighted by Crippen LogP contribution is 2.06. The van der Waals surface area contributed by atoms with Crippen LogP contribution in [0.4, 0.5) is 5.82 Å². The molecule has 1 atom stereocenters. The van der Waals surface area contributed by atoms with Gasteiger partial charge in [-0.1, -0.05) is 13.3 Å². The largest absolute Gasteiger partial charge is 0.480 e. The number of rotatable bonds is 5. The Balaban J connectivity index is 2.84. The number of hydrogen-bond acceptors (Lipinski definition) is 4. The van der Waals surface area contributed by atoms with Gasteiger partial charge < -0.3 is 15.4 Å². The second-order valence-corrected chi connectivity index (χ2v) is 3.54. The van der Waals surface area contributed by atoms with E-state index in [-0.39, 0.29) is 5.56 Å². The van der Waals surface area contributed by atoms with E-state index < -0.39 is 12.0 Å². The molecule has 88 valence electrons. The molecule has 0 aliphatic carbocycles. The molecule has 1 rings (SSSR count). The second-order valence-electron chi connectivity index (χ2n) is 3.54. The SMILES string of the molecule is CCCC(Nc1cc(=O)[nH]c(C)n1)C(=O)O. The highest BCUT2D eigenvalue weighted by atomic mass is 16.4. The molecule has 6 heteroatoms. The number of aromatic nitrogens is 2. The standard InChI is InChI=1S/C10H15N3O3/c1-3-4-7(10(15)16)13-8-5-9(14)12-6(2)11-8/h5,7H,3-4H2,1-2H3,(H,15,16)(H2,11,12,13,14). The van der Waals surface area contributed by atoms with Crippen LogP contribution in [0.15, 0.2) is 10.9 Å². The molecule has 0 bridgehead atoms. The zero-order valence-electron chi connectivity index (χ0n) is 9.28. The Hall–Kier alpha value is -1.85. The first kappa shape index (κ1) is 12.2. The lowest BCUT2D eigenvalue weighted by Crippen LogP contribution is -2.30. The summed E-state index contributed by atoms with van der Waals surface area (Å²) in [6.07, 6.45) is 1.23. The Kier molecular flexibility index (Phi) is 4.04. The van der Waals surface area contributed by atoms with Gasteiger partial charge in [0.05, 0.1) is 0 Å². The lowest BCUT2D eigenvalue weighted by atomic mass is 10.2. The fourth-order valence-electron chi connectivity index (χ4n) is 1.38. The van der Waals surface area contributed by atoms with Crippen molar-refractivity contribution in [1.29, 1.82) is 0 Å². The monoisotopic (exact) mass is 225 g/mol. The van der Waals surface area contributed by atoms with E-state index >= 15 is 0 Å². The smallest absolute Gasteiger partial charge is 0.326 e. The molecule has 0 saturated carbocycles. The van der Waals surface area contributed by atoms with Crippen molar-refractivity contribution in [3.63, 3.8) is 0 Å². The van der Waals surface area contributed by atoms with Crippen molar-refractivity contribution in [2.75, 3.05) is 5.32 Å². The first-order valence-corrected chi connectivity index (χ1v) is 5.10. The number of H-pyrrole nitrogens is 1. The second kappa shape index (κ2) is 5.29. The molecule has 0 spiro atoms. The summed E-state index contributed by atoms with van der Waals surface area (Å²) in [7, 11) is 0. The van der Waals surface area contributed by atoms with Crippen molar-refractivity contribution in [3.05, 3.63) is 22.2 Å². The number of aryl methyl sites for hydroxylation is 1. The molecule has 6 nitrogen and oxygen atoms in total. The molecule has 0 aliphatic rings. The molecular formula is C10H15N3O3. The summed E-state index contributed by atoms with van der Waals surface area (Å²) in [5.41, 5.74) is -0.296. The highest BCUT2D eigenvalue weighted by molar-refractivity contribution is 5.76. The third-order valence-corrected chi connectivity index (χ3v) is 2.06. The van der Waals surface area contributed by atoms with Crippen molar-refractivity contribution >= 4 is 11.8 Å². The number of hydrogen-bond donors (Lipinski definition) is 3. The summed E-state index contributed by atoms with van der Waals surface area (Å²) < 4.78 is 0. The maximum Gasteiger partial charge on any atom is 0.326 e. The van der Waals surface area contributed by atoms with E-state index in [1.807, 2.05) is 6.92 Å². The maximum absolute atomic E-state index is 11.1. The number of nitrogens with one attached hydrogen (secondary N) is 2. The summed E-state index contributed by atoms with van der Waals surface area (Å²) in [5.74, 6) is -0.195. The predicted molar refractivity (Wildman–Crippen MR) is 59.5 cm³/mol. The van der Waals surface area contributed by atoms with Crippen molar-refractivity contribution < 1.29 is 9.90 Å². The van der Waals surface area contributed by atoms with Crippen LogP contribution < -0.4 is 10.9 Å². The van der Waals surface area contributed by atoms with Gasteiger partial charge in [-0.25, -0.2) is 9.78 Å². The van der Waals surface area contributed by atoms with Crippen LogP contribution in [-0.4, -0.2) is 27.1 Å². The average molecular weight is 225 g/mol. The van der Waals surface area contributed by atoms with E-state index in [0.717, 1.165) is 6.42 Å². The first-order chi connectivity index (χ1) is 7.52. The van der Waals surface area contributed by atoms with E-state index in [4.69, 9.17) is 5.11 Å². The molecule has 0 aliphatic heterocycles. The molecule has 0 saturated heterocycles. The summed E-state index contributed by atoms with van der Waals surface area (Å²) in [4.78, 5) is 28.5. The lowest BCUT2D eigenvalue weighted by molar-refractivity contribution is -0.138. The fraction of sp³-hybridized carbons (Fsp3) is 0.500. The van der Waals surface area contributed by atoms with E-state index in [9.17, 15) is 9.59 Å². The summed E-state index contributed by atoms with van der Waals surface area (Å²) >= 11 is 0. The number of carboxylic acids is 1. The quantitative estimate of drug-likeness (QED) is 0.687. The van der Waals surface area contributed by atoms with Crippen LogP contribution in [0, 0.1) is 6.92 Å². The fourth-order valence-corrected chi connectivity index (χ4v) is 1.38. The number of carbonyl (C=O) groups is 1. The Morgan fingerprint density at radius 3 is 2.88 bits per heavy atom. The van der Waals surface area contributed by atoms with Gasteiger partial charge in [0.25, 0.3) is 5.56 Å². The summed E-state index contributed by atoms with van der Waals surface area (Å²) in [5, 5.41) is 11.7. The van der Waals surface area contributed by atoms with E-state index in [1.54, 1.807) is 6.92 Å². The van der Waals surface area contributed by atoms with Gasteiger partial charge >= 0.3 is 5.97 Å². The van der Waals surface area contributed by atoms with E-state index in [2.05, 4.69) is 15.3 Å². The van der Waals surface area contributed by atoms with Crippen LogP contribution in [0.1, 0.15) is 25.6 Å². The van der Waals surface area contributed by atoms with Crippen LogP contribution in [0.5, 0.6) is 0 Å². The van der Waals surface area contributed by atoms with Crippen molar-refractivity contribution in [1.82, 2.24) is 9.97 Å². The van der Waals surface area contributed by atoms with Crippen LogP contribution in [0.3, 0.4) is 0 Å². The third-order valence-electron chi connectivity index (χ3n) is 2.06. The Labute approximate surface area is 92.7 Å². The van der Waals surface area contributed by atoms with Gasteiger partial charge in [-0.05, 0) is 13.3 Å². The molecular weight excluding hydrogens is 210 g/mol. The first-order valence-electron chi connectivity index (χ1n) is 5.10. The van der Waals surface area contributed by atoms with E-state index in [0.29, 0.717) is 18.1 Å². The predicted octanol–water partition coefficient (Wildman–Crippen LogP) is 0.744. The third kappa shape index (κ3) is 3.38. The Morgan fingerprint density at radius 1 is 1.69 bits per heavy atom. The molecule has 1 aromatic rings.